The van der Waals surface area contributed by atoms with E-state index in [1.54, 1.807) is 18.4 Å². The summed E-state index contributed by atoms with van der Waals surface area (Å²) in [4.78, 5) is 7.34. The van der Waals surface area contributed by atoms with Crippen molar-refractivity contribution >= 4 is 16.3 Å². The Morgan fingerprint density at radius 3 is 2.88 bits per heavy atom. The maximum absolute atomic E-state index is 9.33. The fourth-order valence-electron chi connectivity index (χ4n) is 3.50. The van der Waals surface area contributed by atoms with Gasteiger partial charge in [0.25, 0.3) is 0 Å². The summed E-state index contributed by atoms with van der Waals surface area (Å²) >= 11 is 1.78. The van der Waals surface area contributed by atoms with Crippen molar-refractivity contribution in [1.82, 2.24) is 9.38 Å². The Morgan fingerprint density at radius 2 is 2.17 bits per heavy atom. The molecule has 0 radical (unpaired) electrons. The standard InChI is InChI=1S/C19H19N3OS/c1-12-3-8-15-17(11-12)24-19-21-18(16(9-10-20)22(15)19)13-4-6-14(23-2)7-5-13/h4-7,12H,3,8-9,11H2,1-2H3. The van der Waals surface area contributed by atoms with Gasteiger partial charge in [-0.1, -0.05) is 6.92 Å². The molecule has 2 aromatic heterocycles. The van der Waals surface area contributed by atoms with Gasteiger partial charge >= 0.3 is 0 Å². The maximum Gasteiger partial charge on any atom is 0.194 e. The SMILES string of the molecule is COc1ccc(-c2nc3sc4c(n3c2CC#N)CCC(C)C4)cc1. The van der Waals surface area contributed by atoms with E-state index in [0.29, 0.717) is 6.42 Å². The summed E-state index contributed by atoms with van der Waals surface area (Å²) in [5.74, 6) is 1.56. The van der Waals surface area contributed by atoms with Gasteiger partial charge in [-0.3, -0.25) is 4.40 Å². The van der Waals surface area contributed by atoms with Crippen LogP contribution in [0.5, 0.6) is 5.75 Å². The summed E-state index contributed by atoms with van der Waals surface area (Å²) in [5.41, 5.74) is 4.34. The van der Waals surface area contributed by atoms with Gasteiger partial charge in [-0.25, -0.2) is 4.98 Å². The fourth-order valence-corrected chi connectivity index (χ4v) is 4.85. The minimum absolute atomic E-state index is 0.376. The summed E-state index contributed by atoms with van der Waals surface area (Å²) < 4.78 is 7.48. The second-order valence-corrected chi connectivity index (χ2v) is 7.47. The number of hydrogen-bond acceptors (Lipinski definition) is 4. The number of ether oxygens (including phenoxy) is 1. The summed E-state index contributed by atoms with van der Waals surface area (Å²) in [6.07, 6.45) is 3.79. The lowest BCUT2D eigenvalue weighted by atomic mass is 9.93. The molecule has 0 saturated heterocycles. The van der Waals surface area contributed by atoms with E-state index in [0.717, 1.165) is 46.4 Å². The van der Waals surface area contributed by atoms with E-state index in [1.165, 1.54) is 17.0 Å². The number of methoxy groups -OCH3 is 1. The van der Waals surface area contributed by atoms with Gasteiger partial charge in [-0.15, -0.1) is 11.3 Å². The van der Waals surface area contributed by atoms with Crippen molar-refractivity contribution in [1.29, 1.82) is 5.26 Å². The number of nitriles is 1. The molecule has 2 heterocycles. The Hall–Kier alpha value is -2.32. The van der Waals surface area contributed by atoms with Gasteiger partial charge in [-0.2, -0.15) is 5.26 Å². The van der Waals surface area contributed by atoms with Gasteiger partial charge in [-0.05, 0) is 49.4 Å². The molecule has 3 aromatic rings. The quantitative estimate of drug-likeness (QED) is 0.717. The van der Waals surface area contributed by atoms with Crippen LogP contribution in [0.2, 0.25) is 0 Å². The highest BCUT2D eigenvalue weighted by Gasteiger charge is 2.25. The van der Waals surface area contributed by atoms with Gasteiger partial charge in [0.2, 0.25) is 0 Å². The normalized spacial score (nSPS) is 16.8. The lowest BCUT2D eigenvalue weighted by Crippen LogP contribution is -2.11. The number of imidazole rings is 1. The molecule has 1 unspecified atom stereocenters. The molecule has 0 amide bonds. The van der Waals surface area contributed by atoms with Crippen molar-refractivity contribution in [2.75, 3.05) is 7.11 Å². The van der Waals surface area contributed by atoms with Crippen molar-refractivity contribution in [3.05, 3.63) is 40.5 Å². The largest absolute Gasteiger partial charge is 0.497 e. The van der Waals surface area contributed by atoms with Crippen LogP contribution in [0.15, 0.2) is 24.3 Å². The average Bonchev–Trinajstić information content (AvgIpc) is 3.11. The molecule has 4 rings (SSSR count). The van der Waals surface area contributed by atoms with Crippen LogP contribution in [-0.4, -0.2) is 16.5 Å². The third kappa shape index (κ3) is 2.38. The highest BCUT2D eigenvalue weighted by Crippen LogP contribution is 2.36. The molecular weight excluding hydrogens is 318 g/mol. The van der Waals surface area contributed by atoms with E-state index in [2.05, 4.69) is 17.4 Å². The zero-order valence-electron chi connectivity index (χ0n) is 13.9. The van der Waals surface area contributed by atoms with Crippen LogP contribution < -0.4 is 4.74 Å². The van der Waals surface area contributed by atoms with Crippen LogP contribution in [-0.2, 0) is 19.3 Å². The first kappa shape index (κ1) is 15.2. The molecule has 122 valence electrons. The van der Waals surface area contributed by atoms with Crippen LogP contribution in [0.3, 0.4) is 0 Å². The number of hydrogen-bond donors (Lipinski definition) is 0. The number of aromatic nitrogens is 2. The first-order chi connectivity index (χ1) is 11.7. The Kier molecular flexibility index (Phi) is 3.78. The summed E-state index contributed by atoms with van der Waals surface area (Å²) in [7, 11) is 1.66. The third-order valence-electron chi connectivity index (χ3n) is 4.77. The highest BCUT2D eigenvalue weighted by molar-refractivity contribution is 7.17. The Morgan fingerprint density at radius 1 is 1.38 bits per heavy atom. The number of benzene rings is 1. The summed E-state index contributed by atoms with van der Waals surface area (Å²) in [6, 6.07) is 10.2. The maximum atomic E-state index is 9.33. The Labute approximate surface area is 145 Å². The number of thiazole rings is 1. The van der Waals surface area contributed by atoms with Crippen molar-refractivity contribution in [3.63, 3.8) is 0 Å². The smallest absolute Gasteiger partial charge is 0.194 e. The van der Waals surface area contributed by atoms with E-state index < -0.39 is 0 Å². The first-order valence-electron chi connectivity index (χ1n) is 8.24. The number of aryl methyl sites for hydroxylation is 1. The average molecular weight is 337 g/mol. The molecular formula is C19H19N3OS. The second-order valence-electron chi connectivity index (χ2n) is 6.41. The molecule has 1 aromatic carbocycles. The third-order valence-corrected chi connectivity index (χ3v) is 5.87. The predicted molar refractivity (Wildman–Crippen MR) is 95.6 cm³/mol. The molecule has 0 aliphatic heterocycles. The van der Waals surface area contributed by atoms with Crippen LogP contribution in [0.1, 0.15) is 29.6 Å². The molecule has 0 spiro atoms. The topological polar surface area (TPSA) is 50.3 Å². The van der Waals surface area contributed by atoms with Crippen molar-refractivity contribution < 1.29 is 4.74 Å². The zero-order valence-corrected chi connectivity index (χ0v) is 14.7. The number of nitrogens with zero attached hydrogens (tertiary/aromatic N) is 3. The minimum Gasteiger partial charge on any atom is -0.497 e. The molecule has 4 nitrogen and oxygen atoms in total. The summed E-state index contributed by atoms with van der Waals surface area (Å²) in [5, 5.41) is 9.33. The van der Waals surface area contributed by atoms with Crippen LogP contribution in [0.4, 0.5) is 0 Å². The number of fused-ring (bicyclic) bond motifs is 3. The van der Waals surface area contributed by atoms with Crippen molar-refractivity contribution in [2.45, 2.75) is 32.6 Å². The van der Waals surface area contributed by atoms with E-state index in [1.807, 2.05) is 24.3 Å². The minimum atomic E-state index is 0.376. The van der Waals surface area contributed by atoms with Gasteiger partial charge in [0.05, 0.1) is 31.0 Å². The molecule has 0 N–H and O–H groups in total. The second kappa shape index (κ2) is 5.95. The monoisotopic (exact) mass is 337 g/mol. The van der Waals surface area contributed by atoms with Gasteiger partial charge in [0.1, 0.15) is 5.75 Å². The highest BCUT2D eigenvalue weighted by atomic mass is 32.1. The van der Waals surface area contributed by atoms with Crippen molar-refractivity contribution in [3.8, 4) is 23.1 Å². The molecule has 1 atom stereocenters. The molecule has 1 aliphatic carbocycles. The fraction of sp³-hybridized carbons (Fsp3) is 0.368. The van der Waals surface area contributed by atoms with Crippen LogP contribution >= 0.6 is 11.3 Å². The molecule has 0 fully saturated rings. The van der Waals surface area contributed by atoms with Gasteiger partial charge in [0.15, 0.2) is 4.96 Å². The van der Waals surface area contributed by atoms with Crippen molar-refractivity contribution in [2.24, 2.45) is 5.92 Å². The number of rotatable bonds is 3. The van der Waals surface area contributed by atoms with Gasteiger partial charge in [0, 0.05) is 16.1 Å². The first-order valence-corrected chi connectivity index (χ1v) is 9.06. The van der Waals surface area contributed by atoms with E-state index in [9.17, 15) is 5.26 Å². The van der Waals surface area contributed by atoms with Crippen LogP contribution in [0, 0.1) is 17.2 Å². The Balaban J connectivity index is 1.88. The van der Waals surface area contributed by atoms with E-state index in [4.69, 9.17) is 9.72 Å². The predicted octanol–water partition coefficient (Wildman–Crippen LogP) is 4.26. The molecule has 24 heavy (non-hydrogen) atoms. The molecule has 5 heteroatoms. The summed E-state index contributed by atoms with van der Waals surface area (Å²) in [6.45, 7) is 2.31. The molecule has 0 saturated carbocycles. The zero-order chi connectivity index (χ0) is 16.7. The molecule has 1 aliphatic rings. The van der Waals surface area contributed by atoms with Crippen LogP contribution in [0.25, 0.3) is 16.2 Å². The van der Waals surface area contributed by atoms with Gasteiger partial charge < -0.3 is 4.74 Å². The lowest BCUT2D eigenvalue weighted by molar-refractivity contribution is 0.415. The molecule has 0 bridgehead atoms. The lowest BCUT2D eigenvalue weighted by Gasteiger charge is -2.18. The van der Waals surface area contributed by atoms with E-state index in [-0.39, 0.29) is 0 Å². The Bertz CT molecular complexity index is 930. The van der Waals surface area contributed by atoms with E-state index >= 15 is 0 Å².